The van der Waals surface area contributed by atoms with Gasteiger partial charge in [-0.1, -0.05) is 25.1 Å². The van der Waals surface area contributed by atoms with E-state index in [0.717, 1.165) is 17.5 Å². The van der Waals surface area contributed by atoms with Crippen LogP contribution in [0.5, 0.6) is 5.75 Å². The van der Waals surface area contributed by atoms with Gasteiger partial charge in [0.1, 0.15) is 5.75 Å². The molecular formula is C21H28N2O4S. The molecule has 0 fully saturated rings. The van der Waals surface area contributed by atoms with Crippen molar-refractivity contribution in [3.05, 3.63) is 53.6 Å². The maximum absolute atomic E-state index is 12.3. The number of carbonyl (C=O) groups excluding carboxylic acids is 1. The first-order valence-corrected chi connectivity index (χ1v) is 11.1. The van der Waals surface area contributed by atoms with Gasteiger partial charge in [0.25, 0.3) is 0 Å². The average molecular weight is 405 g/mol. The summed E-state index contributed by atoms with van der Waals surface area (Å²) in [5, 5.41) is 2.84. The van der Waals surface area contributed by atoms with Gasteiger partial charge in [-0.05, 0) is 55.2 Å². The molecule has 2 aromatic rings. The maximum atomic E-state index is 12.3. The minimum Gasteiger partial charge on any atom is -0.495 e. The van der Waals surface area contributed by atoms with Crippen LogP contribution >= 0.6 is 0 Å². The quantitative estimate of drug-likeness (QED) is 0.691. The van der Waals surface area contributed by atoms with E-state index in [-0.39, 0.29) is 18.9 Å². The van der Waals surface area contributed by atoms with Crippen LogP contribution in [0.1, 0.15) is 30.9 Å². The van der Waals surface area contributed by atoms with Gasteiger partial charge >= 0.3 is 0 Å². The summed E-state index contributed by atoms with van der Waals surface area (Å²) in [5.74, 6) is 0.409. The summed E-state index contributed by atoms with van der Waals surface area (Å²) in [6.07, 6.45) is 2.68. The number of sulfonamides is 1. The van der Waals surface area contributed by atoms with Gasteiger partial charge in [0.2, 0.25) is 15.9 Å². The van der Waals surface area contributed by atoms with E-state index in [1.165, 1.54) is 10.6 Å². The van der Waals surface area contributed by atoms with E-state index in [1.807, 2.05) is 38.1 Å². The highest BCUT2D eigenvalue weighted by Gasteiger charge is 2.18. The predicted molar refractivity (Wildman–Crippen MR) is 114 cm³/mol. The van der Waals surface area contributed by atoms with Crippen molar-refractivity contribution in [3.8, 4) is 5.75 Å². The molecule has 0 bridgehead atoms. The second-order valence-electron chi connectivity index (χ2n) is 6.71. The van der Waals surface area contributed by atoms with Crippen LogP contribution in [0.15, 0.2) is 42.5 Å². The lowest BCUT2D eigenvalue weighted by molar-refractivity contribution is -0.116. The summed E-state index contributed by atoms with van der Waals surface area (Å²) >= 11 is 0. The molecule has 2 aromatic carbocycles. The fraction of sp³-hybridized carbons (Fsp3) is 0.381. The summed E-state index contributed by atoms with van der Waals surface area (Å²) in [6.45, 7) is 4.22. The van der Waals surface area contributed by atoms with Crippen LogP contribution < -0.4 is 14.4 Å². The van der Waals surface area contributed by atoms with Crippen molar-refractivity contribution in [1.29, 1.82) is 0 Å². The first kappa shape index (κ1) is 21.8. The average Bonchev–Trinajstić information content (AvgIpc) is 2.64. The zero-order valence-electron chi connectivity index (χ0n) is 16.9. The van der Waals surface area contributed by atoms with Crippen LogP contribution in [0.3, 0.4) is 0 Å². The van der Waals surface area contributed by atoms with Crippen molar-refractivity contribution in [2.75, 3.05) is 29.5 Å². The Hall–Kier alpha value is -2.54. The Balaban J connectivity index is 2.00. The minimum atomic E-state index is -3.43. The molecule has 1 amide bonds. The van der Waals surface area contributed by atoms with Crippen LogP contribution in [0, 0.1) is 6.92 Å². The summed E-state index contributed by atoms with van der Waals surface area (Å²) < 4.78 is 31.0. The van der Waals surface area contributed by atoms with E-state index in [9.17, 15) is 13.2 Å². The lowest BCUT2D eigenvalue weighted by atomic mass is 10.1. The number of rotatable bonds is 9. The van der Waals surface area contributed by atoms with Crippen molar-refractivity contribution in [3.63, 3.8) is 0 Å². The number of anilines is 2. The third kappa shape index (κ3) is 5.99. The van der Waals surface area contributed by atoms with Gasteiger partial charge in [-0.25, -0.2) is 8.42 Å². The fourth-order valence-corrected chi connectivity index (χ4v) is 3.87. The molecular weight excluding hydrogens is 376 g/mol. The Bertz CT molecular complexity index is 909. The number of nitrogens with one attached hydrogen (secondary N) is 1. The number of amides is 1. The third-order valence-corrected chi connectivity index (χ3v) is 5.62. The van der Waals surface area contributed by atoms with Crippen molar-refractivity contribution in [1.82, 2.24) is 0 Å². The van der Waals surface area contributed by atoms with Gasteiger partial charge in [0, 0.05) is 13.0 Å². The summed E-state index contributed by atoms with van der Waals surface area (Å²) in [5.41, 5.74) is 3.38. The number of hydrogen-bond acceptors (Lipinski definition) is 4. The number of benzene rings is 2. The van der Waals surface area contributed by atoms with Gasteiger partial charge in [-0.2, -0.15) is 0 Å². The highest BCUT2D eigenvalue weighted by Crippen LogP contribution is 2.25. The summed E-state index contributed by atoms with van der Waals surface area (Å²) in [7, 11) is -1.88. The Morgan fingerprint density at radius 1 is 1.14 bits per heavy atom. The Morgan fingerprint density at radius 3 is 2.39 bits per heavy atom. The van der Waals surface area contributed by atoms with E-state index in [2.05, 4.69) is 5.32 Å². The van der Waals surface area contributed by atoms with Gasteiger partial charge in [0.15, 0.2) is 0 Å². The highest BCUT2D eigenvalue weighted by molar-refractivity contribution is 7.92. The molecule has 6 nitrogen and oxygen atoms in total. The second kappa shape index (κ2) is 9.59. The van der Waals surface area contributed by atoms with Crippen molar-refractivity contribution in [2.45, 2.75) is 33.1 Å². The lowest BCUT2D eigenvalue weighted by Crippen LogP contribution is -2.31. The lowest BCUT2D eigenvalue weighted by Gasteiger charge is -2.22. The number of aryl methyl sites for hydroxylation is 2. The molecule has 0 aliphatic rings. The Labute approximate surface area is 167 Å². The predicted octanol–water partition coefficient (Wildman–Crippen LogP) is 3.75. The molecule has 0 saturated heterocycles. The van der Waals surface area contributed by atoms with Gasteiger partial charge in [-0.15, -0.1) is 0 Å². The molecule has 0 radical (unpaired) electrons. The monoisotopic (exact) mass is 404 g/mol. The molecule has 0 atom stereocenters. The second-order valence-corrected chi connectivity index (χ2v) is 8.62. The summed E-state index contributed by atoms with van der Waals surface area (Å²) in [4.78, 5) is 12.3. The SMILES string of the molecule is CCc1ccc(N(CCCC(=O)Nc2cc(C)ccc2OC)S(C)(=O)=O)cc1. The zero-order valence-corrected chi connectivity index (χ0v) is 17.7. The standard InChI is InChI=1S/C21H28N2O4S/c1-5-17-9-11-18(12-10-17)23(28(4,25)26)14-6-7-21(24)22-19-15-16(2)8-13-20(19)27-3/h8-13,15H,5-7,14H2,1-4H3,(H,22,24). The van der Waals surface area contributed by atoms with Crippen LogP contribution in [0.25, 0.3) is 0 Å². The van der Waals surface area contributed by atoms with E-state index < -0.39 is 10.0 Å². The van der Waals surface area contributed by atoms with Crippen LogP contribution in [-0.4, -0.2) is 34.2 Å². The molecule has 0 spiro atoms. The number of methoxy groups -OCH3 is 1. The maximum Gasteiger partial charge on any atom is 0.232 e. The molecule has 0 heterocycles. The third-order valence-electron chi connectivity index (χ3n) is 4.43. The molecule has 0 unspecified atom stereocenters. The van der Waals surface area contributed by atoms with Crippen LogP contribution in [-0.2, 0) is 21.2 Å². The summed E-state index contributed by atoms with van der Waals surface area (Å²) in [6, 6.07) is 13.0. The van der Waals surface area contributed by atoms with Crippen LogP contribution in [0.2, 0.25) is 0 Å². The van der Waals surface area contributed by atoms with Crippen molar-refractivity contribution >= 4 is 27.3 Å². The van der Waals surface area contributed by atoms with Crippen molar-refractivity contribution in [2.24, 2.45) is 0 Å². The number of nitrogens with zero attached hydrogens (tertiary/aromatic N) is 1. The van der Waals surface area contributed by atoms with E-state index in [0.29, 0.717) is 23.5 Å². The Kier molecular flexibility index (Phi) is 7.45. The molecule has 1 N–H and O–H groups in total. The minimum absolute atomic E-state index is 0.182. The molecule has 7 heteroatoms. The molecule has 28 heavy (non-hydrogen) atoms. The fourth-order valence-electron chi connectivity index (χ4n) is 2.90. The number of hydrogen-bond donors (Lipinski definition) is 1. The molecule has 0 aliphatic carbocycles. The molecule has 0 aromatic heterocycles. The molecule has 0 aliphatic heterocycles. The molecule has 0 saturated carbocycles. The molecule has 2 rings (SSSR count). The van der Waals surface area contributed by atoms with Gasteiger partial charge in [-0.3, -0.25) is 9.10 Å². The first-order chi connectivity index (χ1) is 13.2. The van der Waals surface area contributed by atoms with Gasteiger partial charge in [0.05, 0.1) is 24.7 Å². The number of ether oxygens (including phenoxy) is 1. The topological polar surface area (TPSA) is 75.7 Å². The van der Waals surface area contributed by atoms with E-state index in [1.54, 1.807) is 25.3 Å². The smallest absolute Gasteiger partial charge is 0.232 e. The number of carbonyl (C=O) groups is 1. The first-order valence-electron chi connectivity index (χ1n) is 9.25. The van der Waals surface area contributed by atoms with E-state index in [4.69, 9.17) is 4.74 Å². The normalized spacial score (nSPS) is 11.1. The van der Waals surface area contributed by atoms with Crippen LogP contribution in [0.4, 0.5) is 11.4 Å². The Morgan fingerprint density at radius 2 is 1.82 bits per heavy atom. The van der Waals surface area contributed by atoms with Crippen molar-refractivity contribution < 1.29 is 17.9 Å². The van der Waals surface area contributed by atoms with E-state index >= 15 is 0 Å². The van der Waals surface area contributed by atoms with Gasteiger partial charge < -0.3 is 10.1 Å². The molecule has 152 valence electrons. The largest absolute Gasteiger partial charge is 0.495 e. The highest BCUT2D eigenvalue weighted by atomic mass is 32.2. The zero-order chi connectivity index (χ0) is 20.7.